The number of nitrogens with zero attached hydrogens (tertiary/aromatic N) is 4. The van der Waals surface area contributed by atoms with E-state index >= 15 is 0 Å². The normalized spacial score (nSPS) is 10.4. The molecule has 1 aromatic carbocycles. The van der Waals surface area contributed by atoms with Crippen LogP contribution in [0, 0.1) is 0 Å². The van der Waals surface area contributed by atoms with E-state index in [9.17, 15) is 14.7 Å². The molecule has 9 nitrogen and oxygen atoms in total. The lowest BCUT2D eigenvalue weighted by Gasteiger charge is -2.07. The predicted molar refractivity (Wildman–Crippen MR) is 77.8 cm³/mol. The molecule has 0 radical (unpaired) electrons. The number of rotatable bonds is 6. The van der Waals surface area contributed by atoms with Crippen LogP contribution < -0.4 is 5.32 Å². The summed E-state index contributed by atoms with van der Waals surface area (Å²) >= 11 is 1.33. The van der Waals surface area contributed by atoms with Gasteiger partial charge in [-0.3, -0.25) is 4.79 Å². The SMILES string of the molecule is Cn1nnnc1SCCC(=O)Nc1ccc(O)c(C(=O)O)c1. The van der Waals surface area contributed by atoms with Crippen molar-refractivity contribution in [2.24, 2.45) is 7.05 Å². The average molecular weight is 323 g/mol. The number of hydrogen-bond donors (Lipinski definition) is 3. The molecule has 0 unspecified atom stereocenters. The van der Waals surface area contributed by atoms with Crippen LogP contribution in [0.1, 0.15) is 16.8 Å². The highest BCUT2D eigenvalue weighted by Gasteiger charge is 2.12. The van der Waals surface area contributed by atoms with Gasteiger partial charge < -0.3 is 15.5 Å². The number of carboxylic acid groups (broad SMARTS) is 1. The fourth-order valence-corrected chi connectivity index (χ4v) is 2.37. The summed E-state index contributed by atoms with van der Waals surface area (Å²) in [4.78, 5) is 22.7. The number of aromatic carboxylic acids is 1. The first-order valence-corrected chi connectivity index (χ1v) is 7.17. The van der Waals surface area contributed by atoms with Crippen LogP contribution in [0.3, 0.4) is 0 Å². The number of carboxylic acids is 1. The van der Waals surface area contributed by atoms with Gasteiger partial charge >= 0.3 is 5.97 Å². The van der Waals surface area contributed by atoms with E-state index in [1.807, 2.05) is 0 Å². The highest BCUT2D eigenvalue weighted by atomic mass is 32.2. The number of tetrazole rings is 1. The first-order chi connectivity index (χ1) is 10.5. The topological polar surface area (TPSA) is 130 Å². The van der Waals surface area contributed by atoms with Gasteiger partial charge in [-0.1, -0.05) is 11.8 Å². The lowest BCUT2D eigenvalue weighted by molar-refractivity contribution is -0.115. The Morgan fingerprint density at radius 3 is 2.82 bits per heavy atom. The number of carbonyl (C=O) groups is 2. The zero-order valence-corrected chi connectivity index (χ0v) is 12.4. The number of carbonyl (C=O) groups excluding carboxylic acids is 1. The van der Waals surface area contributed by atoms with Crippen molar-refractivity contribution in [1.82, 2.24) is 20.2 Å². The number of phenols is 1. The molecule has 0 aliphatic rings. The Morgan fingerprint density at radius 1 is 1.41 bits per heavy atom. The predicted octanol–water partition coefficient (Wildman–Crippen LogP) is 0.735. The minimum atomic E-state index is -1.26. The maximum absolute atomic E-state index is 11.8. The zero-order chi connectivity index (χ0) is 16.1. The molecule has 0 bridgehead atoms. The first kappa shape index (κ1) is 15.8. The molecule has 1 amide bonds. The van der Waals surface area contributed by atoms with Gasteiger partial charge in [0.1, 0.15) is 11.3 Å². The number of aromatic hydroxyl groups is 1. The Bertz CT molecular complexity index is 703. The van der Waals surface area contributed by atoms with Crippen molar-refractivity contribution in [2.75, 3.05) is 11.1 Å². The zero-order valence-electron chi connectivity index (χ0n) is 11.6. The van der Waals surface area contributed by atoms with E-state index in [2.05, 4.69) is 20.8 Å². The van der Waals surface area contributed by atoms with Crippen LogP contribution in [0.2, 0.25) is 0 Å². The number of amides is 1. The number of nitrogens with one attached hydrogen (secondary N) is 1. The number of benzene rings is 1. The molecule has 22 heavy (non-hydrogen) atoms. The molecule has 0 aliphatic heterocycles. The van der Waals surface area contributed by atoms with Gasteiger partial charge in [0.05, 0.1) is 0 Å². The Kier molecular flexibility index (Phi) is 4.94. The summed E-state index contributed by atoms with van der Waals surface area (Å²) in [7, 11) is 1.70. The van der Waals surface area contributed by atoms with Gasteiger partial charge in [0.25, 0.3) is 0 Å². The molecule has 1 heterocycles. The van der Waals surface area contributed by atoms with Gasteiger partial charge in [0, 0.05) is 24.9 Å². The molecule has 10 heteroatoms. The second-order valence-corrected chi connectivity index (χ2v) is 5.33. The van der Waals surface area contributed by atoms with Crippen LogP contribution >= 0.6 is 11.8 Å². The smallest absolute Gasteiger partial charge is 0.339 e. The Labute approximate surface area is 129 Å². The van der Waals surface area contributed by atoms with E-state index in [4.69, 9.17) is 5.11 Å². The van der Waals surface area contributed by atoms with Crippen LogP contribution in [0.25, 0.3) is 0 Å². The van der Waals surface area contributed by atoms with Crippen molar-refractivity contribution in [2.45, 2.75) is 11.6 Å². The van der Waals surface area contributed by atoms with Gasteiger partial charge in [-0.05, 0) is 28.6 Å². The third-order valence-corrected chi connectivity index (χ3v) is 3.66. The molecule has 0 fully saturated rings. The third-order valence-electron chi connectivity index (χ3n) is 2.65. The van der Waals surface area contributed by atoms with Gasteiger partial charge in [0.2, 0.25) is 11.1 Å². The highest BCUT2D eigenvalue weighted by molar-refractivity contribution is 7.99. The monoisotopic (exact) mass is 323 g/mol. The second kappa shape index (κ2) is 6.89. The van der Waals surface area contributed by atoms with Crippen LogP contribution in [-0.2, 0) is 11.8 Å². The van der Waals surface area contributed by atoms with Crippen molar-refractivity contribution >= 4 is 29.3 Å². The maximum Gasteiger partial charge on any atom is 0.339 e. The van der Waals surface area contributed by atoms with Crippen molar-refractivity contribution < 1.29 is 19.8 Å². The summed E-state index contributed by atoms with van der Waals surface area (Å²) in [6.45, 7) is 0. The molecule has 0 aliphatic carbocycles. The number of aryl methyl sites for hydroxylation is 1. The van der Waals surface area contributed by atoms with Crippen LogP contribution in [0.15, 0.2) is 23.4 Å². The van der Waals surface area contributed by atoms with E-state index in [0.717, 1.165) is 0 Å². The Hall–Kier alpha value is -2.62. The molecule has 0 spiro atoms. The molecule has 116 valence electrons. The van der Waals surface area contributed by atoms with Gasteiger partial charge in [0.15, 0.2) is 0 Å². The fourth-order valence-electron chi connectivity index (χ4n) is 1.59. The lowest BCUT2D eigenvalue weighted by Crippen LogP contribution is -2.13. The van der Waals surface area contributed by atoms with E-state index in [0.29, 0.717) is 16.6 Å². The molecule has 2 rings (SSSR count). The van der Waals surface area contributed by atoms with Gasteiger partial charge in [-0.25, -0.2) is 9.48 Å². The lowest BCUT2D eigenvalue weighted by atomic mass is 10.2. The quantitative estimate of drug-likeness (QED) is 0.524. The number of anilines is 1. The van der Waals surface area contributed by atoms with Crippen LogP contribution in [0.5, 0.6) is 5.75 Å². The number of thioether (sulfide) groups is 1. The molecule has 3 N–H and O–H groups in total. The molecular formula is C12H13N5O4S. The number of hydrogen-bond acceptors (Lipinski definition) is 7. The minimum absolute atomic E-state index is 0.209. The van der Waals surface area contributed by atoms with E-state index in [1.54, 1.807) is 7.05 Å². The molecule has 0 saturated heterocycles. The average Bonchev–Trinajstić information content (AvgIpc) is 2.86. The maximum atomic E-state index is 11.8. The summed E-state index contributed by atoms with van der Waals surface area (Å²) in [5.41, 5.74) is 0.0443. The Balaban J connectivity index is 1.88. The standard InChI is InChI=1S/C12H13N5O4S/c1-17-12(14-15-16-17)22-5-4-10(19)13-7-2-3-9(18)8(6-7)11(20)21/h2-3,6,18H,4-5H2,1H3,(H,13,19)(H,20,21). The van der Waals surface area contributed by atoms with Crippen molar-refractivity contribution in [1.29, 1.82) is 0 Å². The molecule has 1 aromatic heterocycles. The van der Waals surface area contributed by atoms with Gasteiger partial charge in [-0.2, -0.15) is 0 Å². The van der Waals surface area contributed by atoms with E-state index < -0.39 is 5.97 Å². The van der Waals surface area contributed by atoms with Gasteiger partial charge in [-0.15, -0.1) is 5.10 Å². The first-order valence-electron chi connectivity index (χ1n) is 6.18. The van der Waals surface area contributed by atoms with Crippen LogP contribution in [-0.4, -0.2) is 48.0 Å². The van der Waals surface area contributed by atoms with Crippen LogP contribution in [0.4, 0.5) is 5.69 Å². The van der Waals surface area contributed by atoms with Crippen molar-refractivity contribution in [3.8, 4) is 5.75 Å². The summed E-state index contributed by atoms with van der Waals surface area (Å²) in [5, 5.41) is 32.4. The van der Waals surface area contributed by atoms with Crippen molar-refractivity contribution in [3.05, 3.63) is 23.8 Å². The summed E-state index contributed by atoms with van der Waals surface area (Å²) in [5.74, 6) is -1.41. The van der Waals surface area contributed by atoms with Crippen molar-refractivity contribution in [3.63, 3.8) is 0 Å². The number of aromatic nitrogens is 4. The third kappa shape index (κ3) is 3.95. The summed E-state index contributed by atoms with van der Waals surface area (Å²) < 4.78 is 1.50. The second-order valence-electron chi connectivity index (χ2n) is 4.27. The largest absolute Gasteiger partial charge is 0.507 e. The van der Waals surface area contributed by atoms with E-state index in [1.165, 1.54) is 34.6 Å². The highest BCUT2D eigenvalue weighted by Crippen LogP contribution is 2.22. The minimum Gasteiger partial charge on any atom is -0.507 e. The molecule has 0 atom stereocenters. The molecule has 0 saturated carbocycles. The summed E-state index contributed by atoms with van der Waals surface area (Å²) in [6.07, 6.45) is 0.209. The fraction of sp³-hybridized carbons (Fsp3) is 0.250. The summed E-state index contributed by atoms with van der Waals surface area (Å²) in [6, 6.07) is 3.85. The molecule has 2 aromatic rings. The van der Waals surface area contributed by atoms with E-state index in [-0.39, 0.29) is 23.6 Å². The molecular weight excluding hydrogens is 310 g/mol. The Morgan fingerprint density at radius 2 is 2.18 bits per heavy atom.